The van der Waals surface area contributed by atoms with Crippen molar-refractivity contribution in [3.05, 3.63) is 58.6 Å². The Labute approximate surface area is 132 Å². The summed E-state index contributed by atoms with van der Waals surface area (Å²) in [5, 5.41) is 3.02. The summed E-state index contributed by atoms with van der Waals surface area (Å²) in [7, 11) is 1.61. The maximum atomic E-state index is 12.7. The highest BCUT2D eigenvalue weighted by Crippen LogP contribution is 2.49. The number of nitrogens with one attached hydrogen (secondary N) is 1. The highest BCUT2D eigenvalue weighted by molar-refractivity contribution is 9.10. The van der Waals surface area contributed by atoms with Crippen molar-refractivity contribution in [2.24, 2.45) is 0 Å². The number of ether oxygens (including phenoxy) is 1. The minimum Gasteiger partial charge on any atom is -0.497 e. The van der Waals surface area contributed by atoms with Gasteiger partial charge < -0.3 is 10.1 Å². The van der Waals surface area contributed by atoms with Crippen molar-refractivity contribution in [1.82, 2.24) is 0 Å². The van der Waals surface area contributed by atoms with Gasteiger partial charge in [-0.25, -0.2) is 0 Å². The number of hydrogen-bond donors (Lipinski definition) is 1. The molecule has 0 bridgehead atoms. The number of carbonyl (C=O) groups is 1. The Bertz CT molecular complexity index is 666. The molecular formula is C17H16BrNO2. The summed E-state index contributed by atoms with van der Waals surface area (Å²) in [4.78, 5) is 12.7. The summed E-state index contributed by atoms with van der Waals surface area (Å²) in [5.74, 6) is 0.765. The Morgan fingerprint density at radius 2 is 1.90 bits per heavy atom. The van der Waals surface area contributed by atoms with Gasteiger partial charge in [0.2, 0.25) is 5.91 Å². The van der Waals surface area contributed by atoms with Gasteiger partial charge in [0, 0.05) is 10.5 Å². The topological polar surface area (TPSA) is 38.3 Å². The van der Waals surface area contributed by atoms with Crippen LogP contribution in [-0.2, 0) is 10.2 Å². The van der Waals surface area contributed by atoms with Gasteiger partial charge in [0.1, 0.15) is 5.75 Å². The van der Waals surface area contributed by atoms with Crippen molar-refractivity contribution in [3.63, 3.8) is 0 Å². The number of benzene rings is 2. The summed E-state index contributed by atoms with van der Waals surface area (Å²) < 4.78 is 6.05. The Hall–Kier alpha value is -1.81. The SMILES string of the molecule is COc1ccc(Br)c(NC(=O)C2(c3ccccc3)CC2)c1. The van der Waals surface area contributed by atoms with Crippen LogP contribution in [0.4, 0.5) is 5.69 Å². The van der Waals surface area contributed by atoms with Gasteiger partial charge in [-0.3, -0.25) is 4.79 Å². The van der Waals surface area contributed by atoms with Crippen LogP contribution in [0.15, 0.2) is 53.0 Å². The molecule has 0 aromatic heterocycles. The van der Waals surface area contributed by atoms with Crippen LogP contribution in [0.2, 0.25) is 0 Å². The highest BCUT2D eigenvalue weighted by atomic mass is 79.9. The molecule has 0 unspecified atom stereocenters. The third-order valence-corrected chi connectivity index (χ3v) is 4.62. The Kier molecular flexibility index (Phi) is 3.72. The molecule has 1 aliphatic rings. The summed E-state index contributed by atoms with van der Waals surface area (Å²) in [6.07, 6.45) is 1.79. The highest BCUT2D eigenvalue weighted by Gasteiger charge is 2.51. The van der Waals surface area contributed by atoms with Crippen LogP contribution in [0.3, 0.4) is 0 Å². The van der Waals surface area contributed by atoms with Crippen LogP contribution in [-0.4, -0.2) is 13.0 Å². The minimum absolute atomic E-state index is 0.0441. The second-order valence-electron chi connectivity index (χ2n) is 5.25. The normalized spacial score (nSPS) is 15.3. The van der Waals surface area contributed by atoms with Crippen molar-refractivity contribution in [3.8, 4) is 5.75 Å². The number of methoxy groups -OCH3 is 1. The first kappa shape index (κ1) is 14.1. The average Bonchev–Trinajstić information content (AvgIpc) is 3.32. The molecule has 0 saturated heterocycles. The van der Waals surface area contributed by atoms with Gasteiger partial charge in [0.25, 0.3) is 0 Å². The van der Waals surface area contributed by atoms with Crippen LogP contribution >= 0.6 is 15.9 Å². The van der Waals surface area contributed by atoms with Crippen molar-refractivity contribution >= 4 is 27.5 Å². The monoisotopic (exact) mass is 345 g/mol. The lowest BCUT2D eigenvalue weighted by Gasteiger charge is -2.17. The van der Waals surface area contributed by atoms with Gasteiger partial charge in [-0.1, -0.05) is 30.3 Å². The standard InChI is InChI=1S/C17H16BrNO2/c1-21-13-7-8-14(18)15(11-13)19-16(20)17(9-10-17)12-5-3-2-4-6-12/h2-8,11H,9-10H2,1H3,(H,19,20). The van der Waals surface area contributed by atoms with Gasteiger partial charge in [-0.05, 0) is 46.5 Å². The van der Waals surface area contributed by atoms with E-state index in [1.165, 1.54) is 0 Å². The number of hydrogen-bond acceptors (Lipinski definition) is 2. The zero-order chi connectivity index (χ0) is 14.9. The predicted octanol–water partition coefficient (Wildman–Crippen LogP) is 4.13. The first-order valence-corrected chi connectivity index (χ1v) is 7.65. The van der Waals surface area contributed by atoms with Crippen LogP contribution in [0.5, 0.6) is 5.75 Å². The third kappa shape index (κ3) is 2.68. The molecule has 0 atom stereocenters. The average molecular weight is 346 g/mol. The predicted molar refractivity (Wildman–Crippen MR) is 86.7 cm³/mol. The second-order valence-corrected chi connectivity index (χ2v) is 6.10. The molecule has 1 aliphatic carbocycles. The van der Waals surface area contributed by atoms with E-state index in [9.17, 15) is 4.79 Å². The maximum absolute atomic E-state index is 12.7. The van der Waals surface area contributed by atoms with E-state index in [1.54, 1.807) is 7.11 Å². The summed E-state index contributed by atoms with van der Waals surface area (Å²) in [6, 6.07) is 15.5. The molecule has 3 rings (SSSR count). The van der Waals surface area contributed by atoms with Crippen LogP contribution in [0.1, 0.15) is 18.4 Å². The summed E-state index contributed by atoms with van der Waals surface area (Å²) >= 11 is 3.46. The quantitative estimate of drug-likeness (QED) is 0.904. The molecule has 1 amide bonds. The molecule has 0 heterocycles. The zero-order valence-electron chi connectivity index (χ0n) is 11.7. The fraction of sp³-hybridized carbons (Fsp3) is 0.235. The zero-order valence-corrected chi connectivity index (χ0v) is 13.3. The lowest BCUT2D eigenvalue weighted by molar-refractivity contribution is -0.118. The summed E-state index contributed by atoms with van der Waals surface area (Å²) in [5.41, 5.74) is 1.45. The van der Waals surface area contributed by atoms with E-state index in [-0.39, 0.29) is 11.3 Å². The smallest absolute Gasteiger partial charge is 0.235 e. The third-order valence-electron chi connectivity index (χ3n) is 3.93. The van der Waals surface area contributed by atoms with E-state index in [1.807, 2.05) is 48.5 Å². The van der Waals surface area contributed by atoms with Crippen LogP contribution in [0.25, 0.3) is 0 Å². The molecule has 2 aromatic rings. The van der Waals surface area contributed by atoms with Gasteiger partial charge in [0.05, 0.1) is 18.2 Å². The molecule has 0 aliphatic heterocycles. The van der Waals surface area contributed by atoms with E-state index < -0.39 is 0 Å². The lowest BCUT2D eigenvalue weighted by atomic mass is 9.95. The Morgan fingerprint density at radius 1 is 1.19 bits per heavy atom. The van der Waals surface area contributed by atoms with Crippen LogP contribution in [0, 0.1) is 0 Å². The lowest BCUT2D eigenvalue weighted by Crippen LogP contribution is -2.27. The van der Waals surface area contributed by atoms with Gasteiger partial charge in [-0.15, -0.1) is 0 Å². The largest absolute Gasteiger partial charge is 0.497 e. The maximum Gasteiger partial charge on any atom is 0.235 e. The number of halogens is 1. The second kappa shape index (κ2) is 5.53. The van der Waals surface area contributed by atoms with E-state index >= 15 is 0 Å². The molecule has 1 fully saturated rings. The molecule has 1 N–H and O–H groups in total. The molecule has 4 heteroatoms. The van der Waals surface area contributed by atoms with Gasteiger partial charge in [-0.2, -0.15) is 0 Å². The molecule has 0 radical (unpaired) electrons. The van der Waals surface area contributed by atoms with Crippen LogP contribution < -0.4 is 10.1 Å². The molecular weight excluding hydrogens is 330 g/mol. The fourth-order valence-electron chi connectivity index (χ4n) is 2.50. The molecule has 21 heavy (non-hydrogen) atoms. The Balaban J connectivity index is 1.84. The first-order chi connectivity index (χ1) is 10.2. The van der Waals surface area contributed by atoms with E-state index in [0.29, 0.717) is 0 Å². The molecule has 1 saturated carbocycles. The van der Waals surface area contributed by atoms with E-state index in [2.05, 4.69) is 21.2 Å². The minimum atomic E-state index is -0.371. The van der Waals surface area contributed by atoms with Crippen molar-refractivity contribution in [2.45, 2.75) is 18.3 Å². The van der Waals surface area contributed by atoms with Crippen molar-refractivity contribution in [1.29, 1.82) is 0 Å². The van der Waals surface area contributed by atoms with Crippen molar-refractivity contribution in [2.75, 3.05) is 12.4 Å². The number of amides is 1. The first-order valence-electron chi connectivity index (χ1n) is 6.86. The fourth-order valence-corrected chi connectivity index (χ4v) is 2.84. The van der Waals surface area contributed by atoms with E-state index in [4.69, 9.17) is 4.74 Å². The molecule has 0 spiro atoms. The number of anilines is 1. The number of carbonyl (C=O) groups excluding carboxylic acids is 1. The van der Waals surface area contributed by atoms with Crippen molar-refractivity contribution < 1.29 is 9.53 Å². The van der Waals surface area contributed by atoms with Gasteiger partial charge >= 0.3 is 0 Å². The van der Waals surface area contributed by atoms with E-state index in [0.717, 1.165) is 34.3 Å². The molecule has 3 nitrogen and oxygen atoms in total. The summed E-state index contributed by atoms with van der Waals surface area (Å²) in [6.45, 7) is 0. The molecule has 2 aromatic carbocycles. The molecule has 108 valence electrons. The Morgan fingerprint density at radius 3 is 2.52 bits per heavy atom. The number of rotatable bonds is 4. The van der Waals surface area contributed by atoms with Gasteiger partial charge in [0.15, 0.2) is 0 Å².